The van der Waals surface area contributed by atoms with Gasteiger partial charge in [0.15, 0.2) is 11.5 Å². The molecular weight excluding hydrogens is 218 g/mol. The number of halogens is 1. The Labute approximate surface area is 91.5 Å². The van der Waals surface area contributed by atoms with Crippen molar-refractivity contribution in [3.8, 4) is 11.5 Å². The van der Waals surface area contributed by atoms with Crippen LogP contribution in [-0.4, -0.2) is 12.9 Å². The fourth-order valence-corrected chi connectivity index (χ4v) is 1.82. The molecule has 0 radical (unpaired) electrons. The molecule has 2 rings (SSSR count). The first kappa shape index (κ1) is 10.0. The van der Waals surface area contributed by atoms with Crippen LogP contribution in [-0.2, 0) is 11.3 Å². The number of carbonyl (C=O) groups excluding carboxylic acids is 1. The summed E-state index contributed by atoms with van der Waals surface area (Å²) in [6.07, 6.45) is 1.48. The highest BCUT2D eigenvalue weighted by Crippen LogP contribution is 2.42. The number of rotatable bonds is 2. The first-order valence-corrected chi connectivity index (χ1v) is 4.73. The van der Waals surface area contributed by atoms with Crippen LogP contribution < -0.4 is 9.47 Å². The van der Waals surface area contributed by atoms with Gasteiger partial charge in [-0.05, 0) is 24.1 Å². The molecule has 0 saturated carbocycles. The fraction of sp³-hybridized carbons (Fsp3) is 0.300. The molecule has 0 N–H and O–H groups in total. The van der Waals surface area contributed by atoms with Gasteiger partial charge in [-0.15, -0.1) is 0 Å². The van der Waals surface area contributed by atoms with Crippen molar-refractivity contribution in [1.29, 1.82) is 0 Å². The number of aryl methyl sites for hydroxylation is 1. The highest BCUT2D eigenvalue weighted by Gasteiger charge is 2.21. The summed E-state index contributed by atoms with van der Waals surface area (Å²) in [5, 5.41) is 0.460. The third-order valence-electron chi connectivity index (χ3n) is 2.23. The molecule has 0 fully saturated rings. The molecule has 0 amide bonds. The lowest BCUT2D eigenvalue weighted by atomic mass is 10.1. The average Bonchev–Trinajstić information content (AvgIpc) is 2.65. The van der Waals surface area contributed by atoms with Gasteiger partial charge >= 0.3 is 0 Å². The van der Waals surface area contributed by atoms with Crippen molar-refractivity contribution in [1.82, 2.24) is 0 Å². The topological polar surface area (TPSA) is 47.9 Å². The molecule has 1 aliphatic heterocycles. The summed E-state index contributed by atoms with van der Waals surface area (Å²) in [5.74, 6) is 1.16. The summed E-state index contributed by atoms with van der Waals surface area (Å²) >= 11 is 6.10. The molecule has 0 aliphatic carbocycles. The van der Waals surface area contributed by atoms with Crippen LogP contribution in [0.1, 0.15) is 11.1 Å². The molecule has 78 valence electrons. The maximum Gasteiger partial charge on any atom is 0.235 e. The minimum atomic E-state index is 0.175. The maximum absolute atomic E-state index is 10.0. The van der Waals surface area contributed by atoms with E-state index in [2.05, 4.69) is 4.99 Å². The number of hydrogen-bond acceptors (Lipinski definition) is 4. The third kappa shape index (κ3) is 1.69. The second-order valence-corrected chi connectivity index (χ2v) is 3.51. The third-order valence-corrected chi connectivity index (χ3v) is 2.63. The predicted molar refractivity (Wildman–Crippen MR) is 54.1 cm³/mol. The van der Waals surface area contributed by atoms with Gasteiger partial charge in [-0.25, -0.2) is 9.79 Å². The lowest BCUT2D eigenvalue weighted by Crippen LogP contribution is -1.93. The van der Waals surface area contributed by atoms with Crippen molar-refractivity contribution in [3.63, 3.8) is 0 Å². The standard InChI is InChI=1S/C10H8ClNO3/c1-6-2-8-10(15-5-14-8)9(11)7(6)3-12-4-13/h2H,3,5H2,1H3. The van der Waals surface area contributed by atoms with Crippen LogP contribution in [0.5, 0.6) is 11.5 Å². The van der Waals surface area contributed by atoms with E-state index in [9.17, 15) is 4.79 Å². The minimum absolute atomic E-state index is 0.175. The van der Waals surface area contributed by atoms with E-state index in [1.165, 1.54) is 6.08 Å². The van der Waals surface area contributed by atoms with Gasteiger partial charge in [0, 0.05) is 0 Å². The number of ether oxygens (including phenoxy) is 2. The van der Waals surface area contributed by atoms with Gasteiger partial charge in [-0.2, -0.15) is 0 Å². The van der Waals surface area contributed by atoms with Gasteiger partial charge in [-0.3, -0.25) is 0 Å². The maximum atomic E-state index is 10.0. The predicted octanol–water partition coefficient (Wildman–Crippen LogP) is 2.21. The molecule has 4 nitrogen and oxygen atoms in total. The van der Waals surface area contributed by atoms with E-state index < -0.39 is 0 Å². The molecule has 0 unspecified atom stereocenters. The summed E-state index contributed by atoms with van der Waals surface area (Å²) in [6, 6.07) is 1.82. The molecule has 1 aromatic rings. The molecule has 15 heavy (non-hydrogen) atoms. The van der Waals surface area contributed by atoms with Crippen molar-refractivity contribution in [2.75, 3.05) is 6.79 Å². The molecule has 1 aliphatic rings. The molecule has 0 spiro atoms. The van der Waals surface area contributed by atoms with Gasteiger partial charge in [-0.1, -0.05) is 11.6 Å². The first-order valence-electron chi connectivity index (χ1n) is 4.35. The monoisotopic (exact) mass is 225 g/mol. The molecule has 1 aromatic carbocycles. The number of nitrogens with zero attached hydrogens (tertiary/aromatic N) is 1. The summed E-state index contributed by atoms with van der Waals surface area (Å²) in [7, 11) is 0. The number of hydrogen-bond donors (Lipinski definition) is 0. The molecular formula is C10H8ClNO3. The quantitative estimate of drug-likeness (QED) is 0.573. The van der Waals surface area contributed by atoms with Gasteiger partial charge < -0.3 is 9.47 Å². The van der Waals surface area contributed by atoms with Crippen LogP contribution in [0.2, 0.25) is 5.02 Å². The van der Waals surface area contributed by atoms with Gasteiger partial charge in [0.1, 0.15) is 0 Å². The summed E-state index contributed by atoms with van der Waals surface area (Å²) in [5.41, 5.74) is 1.69. The second-order valence-electron chi connectivity index (χ2n) is 3.13. The fourth-order valence-electron chi connectivity index (χ4n) is 1.47. The van der Waals surface area contributed by atoms with Crippen molar-refractivity contribution in [3.05, 3.63) is 22.2 Å². The van der Waals surface area contributed by atoms with E-state index in [4.69, 9.17) is 21.1 Å². The summed E-state index contributed by atoms with van der Waals surface area (Å²) < 4.78 is 10.4. The van der Waals surface area contributed by atoms with E-state index in [1.807, 2.05) is 13.0 Å². The minimum Gasteiger partial charge on any atom is -0.454 e. The SMILES string of the molecule is Cc1cc2c(c(Cl)c1CN=C=O)OCO2. The average molecular weight is 226 g/mol. The van der Waals surface area contributed by atoms with E-state index in [-0.39, 0.29) is 13.3 Å². The Balaban J connectivity index is 2.50. The van der Waals surface area contributed by atoms with Gasteiger partial charge in [0.2, 0.25) is 12.9 Å². The van der Waals surface area contributed by atoms with E-state index in [0.717, 1.165) is 11.1 Å². The van der Waals surface area contributed by atoms with Crippen molar-refractivity contribution in [2.45, 2.75) is 13.5 Å². The normalized spacial score (nSPS) is 12.4. The Morgan fingerprint density at radius 3 is 3.13 bits per heavy atom. The van der Waals surface area contributed by atoms with Crippen LogP contribution in [0.25, 0.3) is 0 Å². The van der Waals surface area contributed by atoms with Crippen LogP contribution in [0.3, 0.4) is 0 Å². The smallest absolute Gasteiger partial charge is 0.235 e. The Kier molecular flexibility index (Phi) is 2.62. The summed E-state index contributed by atoms with van der Waals surface area (Å²) in [4.78, 5) is 13.5. The molecule has 0 aromatic heterocycles. The van der Waals surface area contributed by atoms with Crippen LogP contribution >= 0.6 is 11.6 Å². The van der Waals surface area contributed by atoms with E-state index in [0.29, 0.717) is 16.5 Å². The Morgan fingerprint density at radius 2 is 2.40 bits per heavy atom. The molecule has 0 bridgehead atoms. The lowest BCUT2D eigenvalue weighted by Gasteiger charge is -2.07. The second kappa shape index (κ2) is 3.93. The van der Waals surface area contributed by atoms with E-state index in [1.54, 1.807) is 0 Å². The van der Waals surface area contributed by atoms with Crippen LogP contribution in [0.15, 0.2) is 11.1 Å². The lowest BCUT2D eigenvalue weighted by molar-refractivity contribution is 0.174. The largest absolute Gasteiger partial charge is 0.454 e. The zero-order valence-corrected chi connectivity index (χ0v) is 8.80. The van der Waals surface area contributed by atoms with Crippen LogP contribution in [0, 0.1) is 6.92 Å². The van der Waals surface area contributed by atoms with E-state index >= 15 is 0 Å². The van der Waals surface area contributed by atoms with Crippen molar-refractivity contribution >= 4 is 17.7 Å². The van der Waals surface area contributed by atoms with Gasteiger partial charge in [0.25, 0.3) is 0 Å². The Morgan fingerprint density at radius 1 is 1.60 bits per heavy atom. The van der Waals surface area contributed by atoms with Gasteiger partial charge in [0.05, 0.1) is 11.6 Å². The highest BCUT2D eigenvalue weighted by molar-refractivity contribution is 6.33. The first-order chi connectivity index (χ1) is 7.24. The Bertz CT molecular complexity index is 452. The zero-order valence-electron chi connectivity index (χ0n) is 8.04. The molecule has 1 heterocycles. The summed E-state index contributed by atoms with van der Waals surface area (Å²) in [6.45, 7) is 2.27. The molecule has 0 saturated heterocycles. The Hall–Kier alpha value is -1.51. The zero-order chi connectivity index (χ0) is 10.8. The molecule has 5 heteroatoms. The molecule has 0 atom stereocenters. The number of aliphatic imine (C=N–C) groups is 1. The number of benzene rings is 1. The van der Waals surface area contributed by atoms with Crippen molar-refractivity contribution in [2.24, 2.45) is 4.99 Å². The highest BCUT2D eigenvalue weighted by atomic mass is 35.5. The van der Waals surface area contributed by atoms with Crippen LogP contribution in [0.4, 0.5) is 0 Å². The number of fused-ring (bicyclic) bond motifs is 1. The number of isocyanates is 1. The van der Waals surface area contributed by atoms with Crippen molar-refractivity contribution < 1.29 is 14.3 Å².